The van der Waals surface area contributed by atoms with Crippen LogP contribution in [-0.4, -0.2) is 23.4 Å². The molecule has 2 nitrogen and oxygen atoms in total. The van der Waals surface area contributed by atoms with E-state index in [2.05, 4.69) is 17.1 Å². The monoisotopic (exact) mass is 179 g/mol. The van der Waals surface area contributed by atoms with Crippen LogP contribution in [0, 0.1) is 5.92 Å². The van der Waals surface area contributed by atoms with Gasteiger partial charge in [0.15, 0.2) is 0 Å². The summed E-state index contributed by atoms with van der Waals surface area (Å²) in [6, 6.07) is 0.487. The lowest BCUT2D eigenvalue weighted by Gasteiger charge is -2.28. The van der Waals surface area contributed by atoms with Crippen molar-refractivity contribution in [3.8, 4) is 0 Å². The molecule has 0 aromatic carbocycles. The first-order valence-electron chi connectivity index (χ1n) is 5.21. The third-order valence-electron chi connectivity index (χ3n) is 3.27. The van der Waals surface area contributed by atoms with E-state index >= 15 is 0 Å². The van der Waals surface area contributed by atoms with Gasteiger partial charge >= 0.3 is 0 Å². The molecule has 1 heterocycles. The molecule has 0 spiro atoms. The smallest absolute Gasteiger partial charge is 0.219 e. The maximum absolute atomic E-state index is 11.4. The molecule has 1 aliphatic carbocycles. The molecular weight excluding hydrogens is 162 g/mol. The van der Waals surface area contributed by atoms with Crippen LogP contribution in [0.4, 0.5) is 0 Å². The van der Waals surface area contributed by atoms with Crippen LogP contribution in [0.1, 0.15) is 32.6 Å². The summed E-state index contributed by atoms with van der Waals surface area (Å²) in [5.74, 6) is 0.982. The number of amides is 1. The maximum atomic E-state index is 11.4. The molecular formula is C11H17NO. The van der Waals surface area contributed by atoms with Crippen LogP contribution in [0.5, 0.6) is 0 Å². The number of hydrogen-bond acceptors (Lipinski definition) is 1. The van der Waals surface area contributed by atoms with E-state index in [9.17, 15) is 4.79 Å². The predicted molar refractivity (Wildman–Crippen MR) is 52.3 cm³/mol. The van der Waals surface area contributed by atoms with E-state index in [1.165, 1.54) is 12.8 Å². The Hall–Kier alpha value is -0.790. The fourth-order valence-electron chi connectivity index (χ4n) is 2.47. The zero-order chi connectivity index (χ0) is 9.26. The highest BCUT2D eigenvalue weighted by molar-refractivity contribution is 5.73. The van der Waals surface area contributed by atoms with E-state index in [1.54, 1.807) is 6.92 Å². The SMILES string of the molecule is CC(=O)N1CCC2C=CCC1CC2. The van der Waals surface area contributed by atoms with Crippen LogP contribution in [0.15, 0.2) is 12.2 Å². The lowest BCUT2D eigenvalue weighted by Crippen LogP contribution is -2.38. The molecule has 2 rings (SSSR count). The second-order valence-electron chi connectivity index (χ2n) is 4.16. The van der Waals surface area contributed by atoms with Gasteiger partial charge in [-0.05, 0) is 31.6 Å². The lowest BCUT2D eigenvalue weighted by molar-refractivity contribution is -0.131. The number of carbonyl (C=O) groups is 1. The standard InChI is InChI=1S/C11H17NO/c1-9(13)12-8-7-10-3-2-4-11(12)6-5-10/h2-3,10-11H,4-8H2,1H3. The van der Waals surface area contributed by atoms with Gasteiger partial charge in [0, 0.05) is 19.5 Å². The molecule has 1 fully saturated rings. The average molecular weight is 179 g/mol. The Kier molecular flexibility index (Phi) is 2.38. The topological polar surface area (TPSA) is 20.3 Å². The van der Waals surface area contributed by atoms with Gasteiger partial charge in [0.05, 0.1) is 0 Å². The van der Waals surface area contributed by atoms with Crippen LogP contribution in [-0.2, 0) is 4.79 Å². The van der Waals surface area contributed by atoms with Gasteiger partial charge in [-0.15, -0.1) is 0 Å². The van der Waals surface area contributed by atoms with Crippen molar-refractivity contribution in [1.82, 2.24) is 4.90 Å². The van der Waals surface area contributed by atoms with Gasteiger partial charge in [-0.3, -0.25) is 4.79 Å². The molecule has 0 saturated carbocycles. The Bertz CT molecular complexity index is 234. The van der Waals surface area contributed by atoms with Gasteiger partial charge in [-0.2, -0.15) is 0 Å². The Labute approximate surface area is 79.6 Å². The van der Waals surface area contributed by atoms with Crippen molar-refractivity contribution in [2.75, 3.05) is 6.54 Å². The Morgan fingerprint density at radius 2 is 2.23 bits per heavy atom. The maximum Gasteiger partial charge on any atom is 0.219 e. The van der Waals surface area contributed by atoms with E-state index in [4.69, 9.17) is 0 Å². The quantitative estimate of drug-likeness (QED) is 0.520. The van der Waals surface area contributed by atoms with E-state index in [0.717, 1.165) is 25.3 Å². The highest BCUT2D eigenvalue weighted by Gasteiger charge is 2.26. The molecule has 2 bridgehead atoms. The summed E-state index contributed by atoms with van der Waals surface area (Å²) in [5, 5.41) is 0. The van der Waals surface area contributed by atoms with Gasteiger partial charge in [-0.1, -0.05) is 12.2 Å². The molecule has 72 valence electrons. The van der Waals surface area contributed by atoms with Crippen LogP contribution in [0.25, 0.3) is 0 Å². The summed E-state index contributed by atoms with van der Waals surface area (Å²) < 4.78 is 0. The molecule has 2 unspecified atom stereocenters. The largest absolute Gasteiger partial charge is 0.340 e. The molecule has 13 heavy (non-hydrogen) atoms. The fourth-order valence-corrected chi connectivity index (χ4v) is 2.47. The van der Waals surface area contributed by atoms with Gasteiger partial charge in [-0.25, -0.2) is 0 Å². The molecule has 1 amide bonds. The molecule has 1 aliphatic heterocycles. The van der Waals surface area contributed by atoms with Gasteiger partial charge < -0.3 is 4.90 Å². The molecule has 0 N–H and O–H groups in total. The first-order valence-corrected chi connectivity index (χ1v) is 5.21. The zero-order valence-electron chi connectivity index (χ0n) is 8.20. The first-order chi connectivity index (χ1) is 6.27. The second-order valence-corrected chi connectivity index (χ2v) is 4.16. The third kappa shape index (κ3) is 1.77. The molecule has 2 heteroatoms. The number of likely N-dealkylation sites (tertiary alicyclic amines) is 1. The third-order valence-corrected chi connectivity index (χ3v) is 3.27. The van der Waals surface area contributed by atoms with Crippen molar-refractivity contribution in [3.63, 3.8) is 0 Å². The second kappa shape index (κ2) is 3.52. The van der Waals surface area contributed by atoms with E-state index in [-0.39, 0.29) is 5.91 Å². The minimum absolute atomic E-state index is 0.251. The van der Waals surface area contributed by atoms with Crippen LogP contribution < -0.4 is 0 Å². The summed E-state index contributed by atoms with van der Waals surface area (Å²) in [4.78, 5) is 13.4. The van der Waals surface area contributed by atoms with Gasteiger partial charge in [0.1, 0.15) is 0 Å². The molecule has 0 aromatic rings. The summed E-state index contributed by atoms with van der Waals surface area (Å²) >= 11 is 0. The average Bonchev–Trinajstić information content (AvgIpc) is 2.35. The molecule has 0 aromatic heterocycles. The summed E-state index contributed by atoms with van der Waals surface area (Å²) in [7, 11) is 0. The minimum Gasteiger partial charge on any atom is -0.340 e. The van der Waals surface area contributed by atoms with Crippen LogP contribution >= 0.6 is 0 Å². The number of hydrogen-bond donors (Lipinski definition) is 0. The van der Waals surface area contributed by atoms with Gasteiger partial charge in [0.25, 0.3) is 0 Å². The number of nitrogens with zero attached hydrogens (tertiary/aromatic N) is 1. The minimum atomic E-state index is 0.251. The number of allylic oxidation sites excluding steroid dienone is 1. The van der Waals surface area contributed by atoms with Crippen molar-refractivity contribution in [2.45, 2.75) is 38.6 Å². The number of rotatable bonds is 0. The highest BCUT2D eigenvalue weighted by Crippen LogP contribution is 2.28. The fraction of sp³-hybridized carbons (Fsp3) is 0.727. The molecule has 2 atom stereocenters. The van der Waals surface area contributed by atoms with Crippen LogP contribution in [0.2, 0.25) is 0 Å². The Morgan fingerprint density at radius 1 is 1.38 bits per heavy atom. The van der Waals surface area contributed by atoms with Crippen molar-refractivity contribution < 1.29 is 4.79 Å². The summed E-state index contributed by atoms with van der Waals surface area (Å²) in [6.07, 6.45) is 9.29. The first kappa shape index (κ1) is 8.79. The van der Waals surface area contributed by atoms with E-state index < -0.39 is 0 Å². The predicted octanol–water partition coefficient (Wildman–Crippen LogP) is 1.96. The summed E-state index contributed by atoms with van der Waals surface area (Å²) in [5.41, 5.74) is 0. The molecule has 2 aliphatic rings. The number of carbonyl (C=O) groups excluding carboxylic acids is 1. The van der Waals surface area contributed by atoms with Crippen molar-refractivity contribution in [3.05, 3.63) is 12.2 Å². The number of fused-ring (bicyclic) bond motifs is 3. The highest BCUT2D eigenvalue weighted by atomic mass is 16.2. The van der Waals surface area contributed by atoms with Crippen molar-refractivity contribution in [2.24, 2.45) is 5.92 Å². The zero-order valence-corrected chi connectivity index (χ0v) is 8.20. The molecule has 0 radical (unpaired) electrons. The lowest BCUT2D eigenvalue weighted by atomic mass is 10.0. The Balaban J connectivity index is 2.16. The van der Waals surface area contributed by atoms with Gasteiger partial charge in [0.2, 0.25) is 5.91 Å². The molecule has 1 saturated heterocycles. The Morgan fingerprint density at radius 3 is 3.00 bits per heavy atom. The van der Waals surface area contributed by atoms with Crippen molar-refractivity contribution >= 4 is 5.91 Å². The van der Waals surface area contributed by atoms with Crippen LogP contribution in [0.3, 0.4) is 0 Å². The van der Waals surface area contributed by atoms with E-state index in [0.29, 0.717) is 6.04 Å². The van der Waals surface area contributed by atoms with E-state index in [1.807, 2.05) is 0 Å². The van der Waals surface area contributed by atoms with Crippen molar-refractivity contribution in [1.29, 1.82) is 0 Å². The summed E-state index contributed by atoms with van der Waals surface area (Å²) in [6.45, 7) is 2.66. The normalized spacial score (nSPS) is 32.8.